The smallest absolute Gasteiger partial charge is 0.263 e. The van der Waals surface area contributed by atoms with E-state index in [9.17, 15) is 10.1 Å². The van der Waals surface area contributed by atoms with Crippen LogP contribution in [0.4, 0.5) is 0 Å². The van der Waals surface area contributed by atoms with Crippen LogP contribution in [-0.2, 0) is 11.2 Å². The highest BCUT2D eigenvalue weighted by atomic mass is 16.5. The van der Waals surface area contributed by atoms with Crippen molar-refractivity contribution in [2.24, 2.45) is 0 Å². The van der Waals surface area contributed by atoms with E-state index in [1.54, 1.807) is 0 Å². The minimum atomic E-state index is -0.410. The molecule has 0 saturated carbocycles. The number of benzene rings is 2. The van der Waals surface area contributed by atoms with Gasteiger partial charge in [-0.05, 0) is 51.3 Å². The summed E-state index contributed by atoms with van der Waals surface area (Å²) in [4.78, 5) is 12.5. The first kappa shape index (κ1) is 22.0. The Morgan fingerprint density at radius 1 is 1.24 bits per heavy atom. The molecule has 0 aromatic heterocycles. The summed E-state index contributed by atoms with van der Waals surface area (Å²) in [5.74, 6) is 0.331. The molecule has 0 spiro atoms. The molecule has 1 unspecified atom stereocenters. The van der Waals surface area contributed by atoms with Crippen LogP contribution in [0, 0.1) is 25.2 Å². The molecule has 0 bridgehead atoms. The van der Waals surface area contributed by atoms with Crippen molar-refractivity contribution in [2.45, 2.75) is 40.2 Å². The van der Waals surface area contributed by atoms with Gasteiger partial charge in [0, 0.05) is 18.3 Å². The van der Waals surface area contributed by atoms with Crippen LogP contribution in [0.15, 0.2) is 54.2 Å². The number of nitriles is 1. The van der Waals surface area contributed by atoms with Gasteiger partial charge in [-0.3, -0.25) is 4.79 Å². The van der Waals surface area contributed by atoms with Crippen LogP contribution >= 0.6 is 0 Å². The Morgan fingerprint density at radius 3 is 2.69 bits per heavy atom. The summed E-state index contributed by atoms with van der Waals surface area (Å²) < 4.78 is 5.67. The Balaban J connectivity index is 1.98. The van der Waals surface area contributed by atoms with Crippen molar-refractivity contribution in [3.63, 3.8) is 0 Å². The SMILES string of the molecule is CCOc1ccc(C)cc1C(C)NC(=O)/C(C#N)=C\NCCc1ccccc1C. The maximum absolute atomic E-state index is 12.5. The molecule has 0 saturated heterocycles. The second kappa shape index (κ2) is 10.9. The lowest BCUT2D eigenvalue weighted by molar-refractivity contribution is -0.117. The first-order valence-electron chi connectivity index (χ1n) is 9.88. The molecule has 2 rings (SSSR count). The molecule has 0 aliphatic heterocycles. The third kappa shape index (κ3) is 6.39. The fourth-order valence-electron chi connectivity index (χ4n) is 3.07. The third-order valence-electron chi connectivity index (χ3n) is 4.69. The molecule has 0 radical (unpaired) electrons. The largest absolute Gasteiger partial charge is 0.494 e. The summed E-state index contributed by atoms with van der Waals surface area (Å²) in [7, 11) is 0. The van der Waals surface area contributed by atoms with Gasteiger partial charge in [0.05, 0.1) is 12.6 Å². The molecule has 2 aromatic rings. The van der Waals surface area contributed by atoms with Gasteiger partial charge in [0.15, 0.2) is 0 Å². The van der Waals surface area contributed by atoms with Gasteiger partial charge >= 0.3 is 0 Å². The van der Waals surface area contributed by atoms with E-state index in [2.05, 4.69) is 29.7 Å². The molecule has 2 aromatic carbocycles. The summed E-state index contributed by atoms with van der Waals surface area (Å²) in [5, 5.41) is 15.3. The van der Waals surface area contributed by atoms with Crippen molar-refractivity contribution >= 4 is 5.91 Å². The Kier molecular flexibility index (Phi) is 8.29. The first-order chi connectivity index (χ1) is 14.0. The molecular weight excluding hydrogens is 362 g/mol. The van der Waals surface area contributed by atoms with Crippen molar-refractivity contribution in [1.82, 2.24) is 10.6 Å². The summed E-state index contributed by atoms with van der Waals surface area (Å²) in [6.07, 6.45) is 2.31. The molecule has 0 aliphatic carbocycles. The predicted molar refractivity (Wildman–Crippen MR) is 115 cm³/mol. The number of carbonyl (C=O) groups excluding carboxylic acids is 1. The normalized spacial score (nSPS) is 12.0. The second-order valence-electron chi connectivity index (χ2n) is 6.97. The van der Waals surface area contributed by atoms with Crippen molar-refractivity contribution < 1.29 is 9.53 Å². The molecular formula is C24H29N3O2. The first-order valence-corrected chi connectivity index (χ1v) is 9.88. The standard InChI is InChI=1S/C24H29N3O2/c1-5-29-23-11-10-17(2)14-22(23)19(4)27-24(28)21(15-25)16-26-13-12-20-9-7-6-8-18(20)3/h6-11,14,16,19,26H,5,12-13H2,1-4H3,(H,27,28)/b21-16-. The second-order valence-corrected chi connectivity index (χ2v) is 6.97. The van der Waals surface area contributed by atoms with Gasteiger partial charge in [-0.25, -0.2) is 0 Å². The van der Waals surface area contributed by atoms with Crippen molar-refractivity contribution in [2.75, 3.05) is 13.2 Å². The van der Waals surface area contributed by atoms with Gasteiger partial charge in [0.25, 0.3) is 5.91 Å². The molecule has 0 aliphatic rings. The van der Waals surface area contributed by atoms with Gasteiger partial charge < -0.3 is 15.4 Å². The van der Waals surface area contributed by atoms with Gasteiger partial charge in [0.2, 0.25) is 0 Å². The van der Waals surface area contributed by atoms with E-state index in [1.165, 1.54) is 17.3 Å². The van der Waals surface area contributed by atoms with E-state index in [4.69, 9.17) is 4.74 Å². The van der Waals surface area contributed by atoms with Crippen LogP contribution in [0.5, 0.6) is 5.75 Å². The fraction of sp³-hybridized carbons (Fsp3) is 0.333. The molecule has 0 fully saturated rings. The van der Waals surface area contributed by atoms with E-state index in [0.29, 0.717) is 13.2 Å². The zero-order valence-corrected chi connectivity index (χ0v) is 17.6. The zero-order valence-electron chi connectivity index (χ0n) is 17.6. The lowest BCUT2D eigenvalue weighted by atomic mass is 10.0. The van der Waals surface area contributed by atoms with Crippen LogP contribution in [0.3, 0.4) is 0 Å². The molecule has 5 heteroatoms. The highest BCUT2D eigenvalue weighted by molar-refractivity contribution is 5.97. The monoisotopic (exact) mass is 391 g/mol. The number of amides is 1. The summed E-state index contributed by atoms with van der Waals surface area (Å²) in [6.45, 7) is 9.06. The highest BCUT2D eigenvalue weighted by Crippen LogP contribution is 2.26. The van der Waals surface area contributed by atoms with E-state index < -0.39 is 5.91 Å². The van der Waals surface area contributed by atoms with E-state index >= 15 is 0 Å². The van der Waals surface area contributed by atoms with Gasteiger partial charge in [-0.15, -0.1) is 0 Å². The van der Waals surface area contributed by atoms with Crippen LogP contribution in [0.25, 0.3) is 0 Å². The number of aryl methyl sites for hydroxylation is 2. The van der Waals surface area contributed by atoms with E-state index in [0.717, 1.165) is 23.3 Å². The maximum atomic E-state index is 12.5. The topological polar surface area (TPSA) is 74.1 Å². The molecule has 1 amide bonds. The Labute approximate surface area is 173 Å². The average molecular weight is 392 g/mol. The van der Waals surface area contributed by atoms with Crippen molar-refractivity contribution in [3.8, 4) is 11.8 Å². The number of nitrogens with one attached hydrogen (secondary N) is 2. The highest BCUT2D eigenvalue weighted by Gasteiger charge is 2.17. The van der Waals surface area contributed by atoms with Crippen molar-refractivity contribution in [1.29, 1.82) is 5.26 Å². The minimum absolute atomic E-state index is 0.0484. The summed E-state index contributed by atoms with van der Waals surface area (Å²) in [6, 6.07) is 15.7. The fourth-order valence-corrected chi connectivity index (χ4v) is 3.07. The van der Waals surface area contributed by atoms with E-state index in [1.807, 2.05) is 57.2 Å². The Hall–Kier alpha value is -3.26. The molecule has 1 atom stereocenters. The lowest BCUT2D eigenvalue weighted by Crippen LogP contribution is -2.29. The predicted octanol–water partition coefficient (Wildman–Crippen LogP) is 4.12. The summed E-state index contributed by atoms with van der Waals surface area (Å²) >= 11 is 0. The minimum Gasteiger partial charge on any atom is -0.494 e. The number of hydrogen-bond donors (Lipinski definition) is 2. The number of nitrogens with zero attached hydrogens (tertiary/aromatic N) is 1. The van der Waals surface area contributed by atoms with Crippen LogP contribution in [0.1, 0.15) is 42.1 Å². The summed E-state index contributed by atoms with van der Waals surface area (Å²) in [5.41, 5.74) is 4.50. The van der Waals surface area contributed by atoms with Crippen LogP contribution in [0.2, 0.25) is 0 Å². The van der Waals surface area contributed by atoms with Crippen LogP contribution < -0.4 is 15.4 Å². The van der Waals surface area contributed by atoms with Crippen molar-refractivity contribution in [3.05, 3.63) is 76.5 Å². The number of carbonyl (C=O) groups is 1. The molecule has 0 heterocycles. The third-order valence-corrected chi connectivity index (χ3v) is 4.69. The Bertz CT molecular complexity index is 913. The quantitative estimate of drug-likeness (QED) is 0.383. The number of rotatable bonds is 9. The molecule has 5 nitrogen and oxygen atoms in total. The number of ether oxygens (including phenoxy) is 1. The Morgan fingerprint density at radius 2 is 2.00 bits per heavy atom. The van der Waals surface area contributed by atoms with Crippen LogP contribution in [-0.4, -0.2) is 19.1 Å². The maximum Gasteiger partial charge on any atom is 0.263 e. The van der Waals surface area contributed by atoms with Gasteiger partial charge in [-0.1, -0.05) is 42.0 Å². The van der Waals surface area contributed by atoms with Gasteiger partial charge in [0.1, 0.15) is 17.4 Å². The van der Waals surface area contributed by atoms with Gasteiger partial charge in [-0.2, -0.15) is 5.26 Å². The molecule has 152 valence electrons. The number of hydrogen-bond acceptors (Lipinski definition) is 4. The molecule has 29 heavy (non-hydrogen) atoms. The average Bonchev–Trinajstić information content (AvgIpc) is 2.70. The van der Waals surface area contributed by atoms with E-state index in [-0.39, 0.29) is 11.6 Å². The zero-order chi connectivity index (χ0) is 21.2. The molecule has 2 N–H and O–H groups in total. The lowest BCUT2D eigenvalue weighted by Gasteiger charge is -2.18.